The molecule has 2 bridgehead atoms. The van der Waals surface area contributed by atoms with Crippen molar-refractivity contribution in [3.63, 3.8) is 0 Å². The third-order valence-electron chi connectivity index (χ3n) is 9.61. The summed E-state index contributed by atoms with van der Waals surface area (Å²) in [6.45, 7) is 6.28. The first-order chi connectivity index (χ1) is 16.7. The highest BCUT2D eigenvalue weighted by molar-refractivity contribution is 5.84. The van der Waals surface area contributed by atoms with E-state index in [1.807, 2.05) is 6.92 Å². The van der Waals surface area contributed by atoms with Crippen LogP contribution < -0.4 is 0 Å². The van der Waals surface area contributed by atoms with Crippen molar-refractivity contribution < 1.29 is 42.8 Å². The molecule has 0 unspecified atom stereocenters. The number of ether oxygens (including phenoxy) is 6. The maximum absolute atomic E-state index is 13.7. The summed E-state index contributed by atoms with van der Waals surface area (Å²) < 4.78 is 33.6. The van der Waals surface area contributed by atoms with E-state index in [0.717, 1.165) is 11.9 Å². The number of aldehydes is 1. The van der Waals surface area contributed by atoms with Gasteiger partial charge in [0.25, 0.3) is 0 Å². The minimum atomic E-state index is -1.04. The second-order valence-electron chi connectivity index (χ2n) is 11.0. The topological polar surface area (TPSA) is 107 Å². The standard InChI is InChI=1S/C26H38O9/c1-16-10-25-12-26(16,35-15-31-4)11-17(34-14-30-3)19(25)24(13-27)9-7-8-23(2,22(29)33-6)20(24)18(25)21(28)32-5/h13,17-20H,1,7-12,14-15H2,2-6H3/t17-,18+,19-,20+,23+,24+,25+,26+/m0/s1. The average Bonchev–Trinajstić information content (AvgIpc) is 3.25. The molecule has 4 fully saturated rings. The average molecular weight is 495 g/mol. The molecule has 4 rings (SSSR count). The second kappa shape index (κ2) is 9.25. The summed E-state index contributed by atoms with van der Waals surface area (Å²) in [5.74, 6) is -2.52. The van der Waals surface area contributed by atoms with Crippen molar-refractivity contribution >= 4 is 18.2 Å². The summed E-state index contributed by atoms with van der Waals surface area (Å²) in [4.78, 5) is 40.2. The smallest absolute Gasteiger partial charge is 0.311 e. The fraction of sp³-hybridized carbons (Fsp3) is 0.808. The van der Waals surface area contributed by atoms with Crippen molar-refractivity contribution in [1.29, 1.82) is 0 Å². The molecular formula is C26H38O9. The Labute approximate surface area is 206 Å². The summed E-state index contributed by atoms with van der Waals surface area (Å²) in [7, 11) is 5.80. The summed E-state index contributed by atoms with van der Waals surface area (Å²) in [6.07, 6.45) is 3.66. The molecule has 9 nitrogen and oxygen atoms in total. The van der Waals surface area contributed by atoms with Crippen LogP contribution in [0.15, 0.2) is 12.2 Å². The Morgan fingerprint density at radius 2 is 1.77 bits per heavy atom. The van der Waals surface area contributed by atoms with Crippen molar-refractivity contribution in [3.05, 3.63) is 12.2 Å². The van der Waals surface area contributed by atoms with Crippen molar-refractivity contribution in [3.8, 4) is 0 Å². The van der Waals surface area contributed by atoms with Gasteiger partial charge in [0.05, 0.1) is 37.3 Å². The number of carbonyl (C=O) groups excluding carboxylic acids is 3. The maximum atomic E-state index is 13.7. The first kappa shape index (κ1) is 26.3. The van der Waals surface area contributed by atoms with Gasteiger partial charge in [-0.25, -0.2) is 0 Å². The molecule has 0 aromatic carbocycles. The van der Waals surface area contributed by atoms with Crippen molar-refractivity contribution in [1.82, 2.24) is 0 Å². The molecule has 8 atom stereocenters. The van der Waals surface area contributed by atoms with E-state index in [1.54, 1.807) is 14.2 Å². The fourth-order valence-electron chi connectivity index (χ4n) is 8.71. The van der Waals surface area contributed by atoms with Crippen molar-refractivity contribution in [2.24, 2.45) is 34.0 Å². The van der Waals surface area contributed by atoms with Gasteiger partial charge in [0.2, 0.25) is 0 Å². The van der Waals surface area contributed by atoms with Gasteiger partial charge in [0.15, 0.2) is 0 Å². The van der Waals surface area contributed by atoms with Crippen LogP contribution in [0.5, 0.6) is 0 Å². The third-order valence-corrected chi connectivity index (χ3v) is 9.61. The van der Waals surface area contributed by atoms with E-state index in [-0.39, 0.29) is 19.5 Å². The number of carbonyl (C=O) groups is 3. The lowest BCUT2D eigenvalue weighted by Gasteiger charge is -2.52. The largest absolute Gasteiger partial charge is 0.469 e. The number of hydrogen-bond acceptors (Lipinski definition) is 9. The summed E-state index contributed by atoms with van der Waals surface area (Å²) in [5, 5.41) is 0. The molecule has 0 aromatic rings. The van der Waals surface area contributed by atoms with E-state index in [2.05, 4.69) is 6.58 Å². The highest BCUT2D eigenvalue weighted by Crippen LogP contribution is 2.78. The van der Waals surface area contributed by atoms with Gasteiger partial charge in [-0.15, -0.1) is 0 Å². The van der Waals surface area contributed by atoms with Crippen LogP contribution in [0, 0.1) is 34.0 Å². The Kier molecular flexibility index (Phi) is 6.94. The van der Waals surface area contributed by atoms with Gasteiger partial charge in [-0.2, -0.15) is 0 Å². The van der Waals surface area contributed by atoms with Gasteiger partial charge in [0, 0.05) is 37.9 Å². The zero-order valence-electron chi connectivity index (χ0n) is 21.4. The van der Waals surface area contributed by atoms with E-state index in [1.165, 1.54) is 14.2 Å². The van der Waals surface area contributed by atoms with Crippen molar-refractivity contribution in [2.75, 3.05) is 42.0 Å². The molecule has 0 saturated heterocycles. The third kappa shape index (κ3) is 3.45. The van der Waals surface area contributed by atoms with Crippen LogP contribution in [-0.4, -0.2) is 72.0 Å². The van der Waals surface area contributed by atoms with E-state index in [9.17, 15) is 14.4 Å². The summed E-state index contributed by atoms with van der Waals surface area (Å²) in [6, 6.07) is 0. The molecule has 4 aliphatic carbocycles. The van der Waals surface area contributed by atoms with Crippen molar-refractivity contribution in [2.45, 2.75) is 57.2 Å². The predicted molar refractivity (Wildman–Crippen MR) is 123 cm³/mol. The molecule has 9 heteroatoms. The highest BCUT2D eigenvalue weighted by Gasteiger charge is 2.81. The van der Waals surface area contributed by atoms with E-state index >= 15 is 0 Å². The van der Waals surface area contributed by atoms with Crippen LogP contribution in [0.2, 0.25) is 0 Å². The van der Waals surface area contributed by atoms with Crippen LogP contribution in [0.25, 0.3) is 0 Å². The zero-order valence-corrected chi connectivity index (χ0v) is 21.4. The number of fused-ring (bicyclic) bond motifs is 3. The molecule has 4 saturated carbocycles. The normalized spacial score (nSPS) is 43.9. The number of rotatable bonds is 9. The van der Waals surface area contributed by atoms with Gasteiger partial charge in [-0.05, 0) is 43.6 Å². The minimum absolute atomic E-state index is 0.0286. The fourth-order valence-corrected chi connectivity index (χ4v) is 8.71. The Bertz CT molecular complexity index is 888. The SMILES string of the molecule is C=C1C[C@]23C[C@]1(OCOC)C[C@H](OCOC)[C@H]2[C@]1(C=O)CCC[C@@](C)(C(=O)OC)[C@H]1[C@@H]3C(=O)OC. The van der Waals surface area contributed by atoms with Crippen LogP contribution in [0.4, 0.5) is 0 Å². The lowest BCUT2D eigenvalue weighted by Crippen LogP contribution is -2.56. The van der Waals surface area contributed by atoms with Gasteiger partial charge in [0.1, 0.15) is 19.9 Å². The van der Waals surface area contributed by atoms with Gasteiger partial charge in [-0.1, -0.05) is 13.0 Å². The Morgan fingerprint density at radius 3 is 2.37 bits per heavy atom. The van der Waals surface area contributed by atoms with Crippen LogP contribution >= 0.6 is 0 Å². The molecule has 0 N–H and O–H groups in total. The molecule has 196 valence electrons. The first-order valence-electron chi connectivity index (χ1n) is 12.2. The molecule has 0 aromatic heterocycles. The molecule has 0 amide bonds. The van der Waals surface area contributed by atoms with Gasteiger partial charge < -0.3 is 33.2 Å². The molecule has 0 radical (unpaired) electrons. The maximum Gasteiger partial charge on any atom is 0.311 e. The molecule has 0 aliphatic heterocycles. The lowest BCUT2D eigenvalue weighted by atomic mass is 9.52. The number of methoxy groups -OCH3 is 4. The molecule has 0 heterocycles. The van der Waals surface area contributed by atoms with E-state index in [0.29, 0.717) is 38.5 Å². The monoisotopic (exact) mass is 494 g/mol. The molecule has 4 aliphatic rings. The second-order valence-corrected chi connectivity index (χ2v) is 11.0. The number of esters is 2. The van der Waals surface area contributed by atoms with Gasteiger partial charge in [-0.3, -0.25) is 9.59 Å². The molecular weight excluding hydrogens is 456 g/mol. The minimum Gasteiger partial charge on any atom is -0.469 e. The highest BCUT2D eigenvalue weighted by atomic mass is 16.7. The Hall–Kier alpha value is -1.81. The quantitative estimate of drug-likeness (QED) is 0.207. The van der Waals surface area contributed by atoms with Crippen LogP contribution in [0.3, 0.4) is 0 Å². The van der Waals surface area contributed by atoms with Gasteiger partial charge >= 0.3 is 11.9 Å². The Balaban J connectivity index is 1.97. The van der Waals surface area contributed by atoms with Crippen LogP contribution in [0.1, 0.15) is 45.4 Å². The zero-order chi connectivity index (χ0) is 25.6. The Morgan fingerprint density at radius 1 is 1.06 bits per heavy atom. The lowest BCUT2D eigenvalue weighted by molar-refractivity contribution is -0.203. The molecule has 35 heavy (non-hydrogen) atoms. The summed E-state index contributed by atoms with van der Waals surface area (Å²) >= 11 is 0. The van der Waals surface area contributed by atoms with E-state index < -0.39 is 51.7 Å². The number of hydrogen-bond donors (Lipinski definition) is 0. The first-order valence-corrected chi connectivity index (χ1v) is 12.2. The summed E-state index contributed by atoms with van der Waals surface area (Å²) in [5.41, 5.74) is -2.69. The van der Waals surface area contributed by atoms with E-state index in [4.69, 9.17) is 28.4 Å². The van der Waals surface area contributed by atoms with Crippen LogP contribution in [-0.2, 0) is 42.8 Å². The predicted octanol–water partition coefficient (Wildman–Crippen LogP) is 2.66. The molecule has 1 spiro atoms.